The first-order chi connectivity index (χ1) is 12.7. The fraction of sp³-hybridized carbons (Fsp3) is 0.526. The van der Waals surface area contributed by atoms with Crippen LogP contribution < -0.4 is 0 Å². The zero-order valence-corrected chi connectivity index (χ0v) is 15.3. The third kappa shape index (κ3) is 4.60. The van der Waals surface area contributed by atoms with Crippen molar-refractivity contribution in [1.82, 2.24) is 14.7 Å². The molecule has 3 rings (SSSR count). The van der Waals surface area contributed by atoms with Crippen molar-refractivity contribution in [3.8, 4) is 0 Å². The average molecular weight is 358 g/mol. The number of likely N-dealkylation sites (tertiary alicyclic amines) is 1. The van der Waals surface area contributed by atoms with Crippen LogP contribution in [0.25, 0.3) is 0 Å². The molecule has 0 atom stereocenters. The molecule has 2 amide bonds. The van der Waals surface area contributed by atoms with Crippen LogP contribution in [0.15, 0.2) is 29.4 Å². The lowest BCUT2D eigenvalue weighted by Gasteiger charge is -2.35. The number of benzene rings is 1. The van der Waals surface area contributed by atoms with Crippen molar-refractivity contribution in [1.29, 1.82) is 0 Å². The van der Waals surface area contributed by atoms with Crippen LogP contribution in [-0.2, 0) is 9.63 Å². The van der Waals surface area contributed by atoms with Gasteiger partial charge in [0.05, 0.1) is 12.8 Å². The summed E-state index contributed by atoms with van der Waals surface area (Å²) < 4.78 is 0. The molecule has 0 N–H and O–H groups in total. The number of nitrogens with zero attached hydrogens (tertiary/aromatic N) is 4. The van der Waals surface area contributed by atoms with Gasteiger partial charge in [-0.3, -0.25) is 14.5 Å². The molecule has 2 aliphatic heterocycles. The Labute approximate surface area is 154 Å². The van der Waals surface area contributed by atoms with E-state index in [1.165, 1.54) is 7.11 Å². The lowest BCUT2D eigenvalue weighted by Crippen LogP contribution is -2.51. The quantitative estimate of drug-likeness (QED) is 0.583. The number of amides is 2. The van der Waals surface area contributed by atoms with Gasteiger partial charge in [0.25, 0.3) is 5.91 Å². The maximum atomic E-state index is 12.6. The SMILES string of the molecule is CO/N=C/c1ccc(C(=O)N2CCN(CC(=O)N3CCCC3)CC2)cc1. The Morgan fingerprint density at radius 3 is 2.27 bits per heavy atom. The number of oxime groups is 1. The van der Waals surface area contributed by atoms with Gasteiger partial charge in [0.1, 0.15) is 7.11 Å². The molecule has 1 aromatic carbocycles. The van der Waals surface area contributed by atoms with Crippen LogP contribution in [0.2, 0.25) is 0 Å². The predicted octanol–water partition coefficient (Wildman–Crippen LogP) is 1.05. The molecule has 7 nitrogen and oxygen atoms in total. The van der Waals surface area contributed by atoms with Gasteiger partial charge in [-0.2, -0.15) is 0 Å². The van der Waals surface area contributed by atoms with Crippen LogP contribution in [0, 0.1) is 0 Å². The van der Waals surface area contributed by atoms with Gasteiger partial charge in [-0.1, -0.05) is 17.3 Å². The Bertz CT molecular complexity index is 645. The predicted molar refractivity (Wildman–Crippen MR) is 99.2 cm³/mol. The normalized spacial score (nSPS) is 18.5. The highest BCUT2D eigenvalue weighted by atomic mass is 16.6. The van der Waals surface area contributed by atoms with Gasteiger partial charge < -0.3 is 14.6 Å². The second-order valence-electron chi connectivity index (χ2n) is 6.70. The molecule has 0 spiro atoms. The third-order valence-electron chi connectivity index (χ3n) is 4.94. The van der Waals surface area contributed by atoms with Crippen molar-refractivity contribution in [2.45, 2.75) is 12.8 Å². The van der Waals surface area contributed by atoms with E-state index in [1.807, 2.05) is 34.1 Å². The largest absolute Gasteiger partial charge is 0.399 e. The van der Waals surface area contributed by atoms with Gasteiger partial charge in [0.2, 0.25) is 5.91 Å². The Morgan fingerprint density at radius 2 is 1.65 bits per heavy atom. The van der Waals surface area contributed by atoms with Crippen LogP contribution >= 0.6 is 0 Å². The van der Waals surface area contributed by atoms with E-state index in [9.17, 15) is 9.59 Å². The number of hydrogen-bond donors (Lipinski definition) is 0. The van der Waals surface area contributed by atoms with Crippen LogP contribution in [0.1, 0.15) is 28.8 Å². The number of rotatable bonds is 5. The van der Waals surface area contributed by atoms with E-state index in [0.717, 1.165) is 44.6 Å². The molecular weight excluding hydrogens is 332 g/mol. The summed E-state index contributed by atoms with van der Waals surface area (Å²) in [6.45, 7) is 5.03. The number of carbonyl (C=O) groups excluding carboxylic acids is 2. The summed E-state index contributed by atoms with van der Waals surface area (Å²) in [5, 5.41) is 3.71. The van der Waals surface area contributed by atoms with Crippen LogP contribution in [0.3, 0.4) is 0 Å². The van der Waals surface area contributed by atoms with Gasteiger partial charge >= 0.3 is 0 Å². The van der Waals surface area contributed by atoms with E-state index in [2.05, 4.69) is 14.9 Å². The fourth-order valence-electron chi connectivity index (χ4n) is 3.37. The van der Waals surface area contributed by atoms with E-state index in [-0.39, 0.29) is 11.8 Å². The highest BCUT2D eigenvalue weighted by Gasteiger charge is 2.25. The summed E-state index contributed by atoms with van der Waals surface area (Å²) in [4.78, 5) is 35.5. The molecule has 2 heterocycles. The lowest BCUT2D eigenvalue weighted by atomic mass is 10.1. The minimum Gasteiger partial charge on any atom is -0.399 e. The van der Waals surface area contributed by atoms with E-state index in [1.54, 1.807) is 6.21 Å². The Hall–Kier alpha value is -2.41. The van der Waals surface area contributed by atoms with Crippen LogP contribution in [0.4, 0.5) is 0 Å². The first-order valence-corrected chi connectivity index (χ1v) is 9.13. The van der Waals surface area contributed by atoms with Gasteiger partial charge in [0, 0.05) is 44.8 Å². The molecule has 0 saturated carbocycles. The van der Waals surface area contributed by atoms with Crippen LogP contribution in [0.5, 0.6) is 0 Å². The van der Waals surface area contributed by atoms with E-state index >= 15 is 0 Å². The summed E-state index contributed by atoms with van der Waals surface area (Å²) in [6.07, 6.45) is 3.83. The molecule has 140 valence electrons. The van der Waals surface area contributed by atoms with Crippen LogP contribution in [-0.4, -0.2) is 85.7 Å². The first kappa shape index (κ1) is 18.4. The standard InChI is InChI=1S/C19H26N4O3/c1-26-20-14-16-4-6-17(7-5-16)19(25)23-12-10-21(11-13-23)15-18(24)22-8-2-3-9-22/h4-7,14H,2-3,8-13,15H2,1H3/b20-14+. The number of piperazine rings is 1. The average Bonchev–Trinajstić information content (AvgIpc) is 3.22. The Morgan fingerprint density at radius 1 is 1.00 bits per heavy atom. The van der Waals surface area contributed by atoms with Gasteiger partial charge in [0.15, 0.2) is 0 Å². The van der Waals surface area contributed by atoms with Gasteiger partial charge in [-0.05, 0) is 30.5 Å². The second kappa shape index (κ2) is 8.80. The number of carbonyl (C=O) groups is 2. The van der Waals surface area contributed by atoms with Crippen molar-refractivity contribution in [2.75, 3.05) is 52.9 Å². The molecule has 0 bridgehead atoms. The highest BCUT2D eigenvalue weighted by molar-refractivity contribution is 5.95. The molecule has 1 aromatic rings. The maximum Gasteiger partial charge on any atom is 0.253 e. The van der Waals surface area contributed by atoms with Crippen molar-refractivity contribution in [2.24, 2.45) is 5.16 Å². The molecule has 0 aliphatic carbocycles. The summed E-state index contributed by atoms with van der Waals surface area (Å²) in [6, 6.07) is 7.31. The summed E-state index contributed by atoms with van der Waals surface area (Å²) in [5.74, 6) is 0.251. The molecule has 7 heteroatoms. The molecule has 0 radical (unpaired) electrons. The lowest BCUT2D eigenvalue weighted by molar-refractivity contribution is -0.131. The zero-order chi connectivity index (χ0) is 18.4. The van der Waals surface area contributed by atoms with Crippen molar-refractivity contribution in [3.05, 3.63) is 35.4 Å². The van der Waals surface area contributed by atoms with Crippen molar-refractivity contribution in [3.63, 3.8) is 0 Å². The van der Waals surface area contributed by atoms with E-state index in [4.69, 9.17) is 0 Å². The molecule has 2 aliphatic rings. The topological polar surface area (TPSA) is 65.5 Å². The summed E-state index contributed by atoms with van der Waals surface area (Å²) >= 11 is 0. The molecule has 2 fully saturated rings. The summed E-state index contributed by atoms with van der Waals surface area (Å²) in [7, 11) is 1.49. The van der Waals surface area contributed by atoms with Crippen molar-refractivity contribution >= 4 is 18.0 Å². The Balaban J connectivity index is 1.48. The minimum absolute atomic E-state index is 0.0331. The molecule has 26 heavy (non-hydrogen) atoms. The minimum atomic E-state index is 0.0331. The molecular formula is C19H26N4O3. The van der Waals surface area contributed by atoms with Crippen molar-refractivity contribution < 1.29 is 14.4 Å². The smallest absolute Gasteiger partial charge is 0.253 e. The number of hydrogen-bond acceptors (Lipinski definition) is 5. The monoisotopic (exact) mass is 358 g/mol. The first-order valence-electron chi connectivity index (χ1n) is 9.13. The highest BCUT2D eigenvalue weighted by Crippen LogP contribution is 2.12. The molecule has 0 aromatic heterocycles. The zero-order valence-electron chi connectivity index (χ0n) is 15.3. The third-order valence-corrected chi connectivity index (χ3v) is 4.94. The maximum absolute atomic E-state index is 12.6. The van der Waals surface area contributed by atoms with E-state index in [0.29, 0.717) is 25.2 Å². The summed E-state index contributed by atoms with van der Waals surface area (Å²) in [5.41, 5.74) is 1.55. The van der Waals surface area contributed by atoms with Gasteiger partial charge in [-0.15, -0.1) is 0 Å². The van der Waals surface area contributed by atoms with Gasteiger partial charge in [-0.25, -0.2) is 0 Å². The fourth-order valence-corrected chi connectivity index (χ4v) is 3.37. The Kier molecular flexibility index (Phi) is 6.22. The second-order valence-corrected chi connectivity index (χ2v) is 6.70. The molecule has 0 unspecified atom stereocenters. The van der Waals surface area contributed by atoms with E-state index < -0.39 is 0 Å². The molecule has 2 saturated heterocycles.